The van der Waals surface area contributed by atoms with E-state index in [4.69, 9.17) is 9.47 Å². The van der Waals surface area contributed by atoms with E-state index in [9.17, 15) is 14.9 Å². The second-order valence-corrected chi connectivity index (χ2v) is 5.93. The van der Waals surface area contributed by atoms with E-state index in [1.165, 1.54) is 18.3 Å². The highest BCUT2D eigenvalue weighted by Gasteiger charge is 2.18. The van der Waals surface area contributed by atoms with Gasteiger partial charge in [0.1, 0.15) is 11.3 Å². The minimum absolute atomic E-state index is 0.0807. The van der Waals surface area contributed by atoms with Crippen molar-refractivity contribution in [1.29, 1.82) is 0 Å². The normalized spacial score (nSPS) is 10.5. The number of ether oxygens (including phenoxy) is 2. The van der Waals surface area contributed by atoms with Gasteiger partial charge >= 0.3 is 5.97 Å². The molecule has 0 amide bonds. The average molecular weight is 381 g/mol. The van der Waals surface area contributed by atoms with E-state index >= 15 is 0 Å². The lowest BCUT2D eigenvalue weighted by molar-refractivity contribution is -0.384. The maximum atomic E-state index is 12.4. The van der Waals surface area contributed by atoms with E-state index < -0.39 is 10.9 Å². The zero-order valence-electron chi connectivity index (χ0n) is 15.5. The molecule has 8 heteroatoms. The van der Waals surface area contributed by atoms with Gasteiger partial charge < -0.3 is 14.8 Å². The van der Waals surface area contributed by atoms with Crippen molar-refractivity contribution in [2.45, 2.75) is 13.5 Å². The van der Waals surface area contributed by atoms with Gasteiger partial charge in [-0.05, 0) is 30.7 Å². The molecule has 3 aromatic rings. The molecule has 0 spiro atoms. The van der Waals surface area contributed by atoms with Gasteiger partial charge in [-0.3, -0.25) is 15.1 Å². The molecule has 0 aliphatic carbocycles. The van der Waals surface area contributed by atoms with Crippen LogP contribution in [0.2, 0.25) is 0 Å². The SMILES string of the molecule is CCOC(=O)c1cnc2ccc([N+](=O)[O-])cc2c1NCc1ccc(OC)cc1. The number of esters is 1. The van der Waals surface area contributed by atoms with Crippen molar-refractivity contribution in [3.8, 4) is 5.75 Å². The number of hydrogen-bond acceptors (Lipinski definition) is 7. The van der Waals surface area contributed by atoms with Crippen LogP contribution in [0.1, 0.15) is 22.8 Å². The second kappa shape index (κ2) is 8.34. The van der Waals surface area contributed by atoms with Crippen molar-refractivity contribution in [2.75, 3.05) is 19.0 Å². The molecule has 2 aromatic carbocycles. The van der Waals surface area contributed by atoms with Gasteiger partial charge in [0.05, 0.1) is 29.8 Å². The monoisotopic (exact) mass is 381 g/mol. The number of non-ortho nitro benzene ring substituents is 1. The summed E-state index contributed by atoms with van der Waals surface area (Å²) in [6, 6.07) is 11.8. The van der Waals surface area contributed by atoms with Gasteiger partial charge in [-0.2, -0.15) is 0 Å². The number of carbonyl (C=O) groups excluding carboxylic acids is 1. The van der Waals surface area contributed by atoms with E-state index in [2.05, 4.69) is 10.3 Å². The van der Waals surface area contributed by atoms with Crippen molar-refractivity contribution < 1.29 is 19.2 Å². The standard InChI is InChI=1S/C20H19N3O5/c1-3-28-20(24)17-12-21-18-9-6-14(23(25)26)10-16(18)19(17)22-11-13-4-7-15(27-2)8-5-13/h4-10,12H,3,11H2,1-2H3,(H,21,22). The molecule has 0 aliphatic rings. The molecule has 28 heavy (non-hydrogen) atoms. The quantitative estimate of drug-likeness (QED) is 0.375. The summed E-state index contributed by atoms with van der Waals surface area (Å²) < 4.78 is 10.3. The summed E-state index contributed by atoms with van der Waals surface area (Å²) >= 11 is 0. The van der Waals surface area contributed by atoms with Crippen LogP contribution in [0.15, 0.2) is 48.7 Å². The first-order chi connectivity index (χ1) is 13.5. The zero-order chi connectivity index (χ0) is 20.1. The summed E-state index contributed by atoms with van der Waals surface area (Å²) in [7, 11) is 1.59. The average Bonchev–Trinajstić information content (AvgIpc) is 2.71. The van der Waals surface area contributed by atoms with Crippen molar-refractivity contribution >= 4 is 28.2 Å². The largest absolute Gasteiger partial charge is 0.497 e. The number of nitro benzene ring substituents is 1. The van der Waals surface area contributed by atoms with Gasteiger partial charge in [-0.25, -0.2) is 4.79 Å². The minimum Gasteiger partial charge on any atom is -0.497 e. The molecule has 0 radical (unpaired) electrons. The lowest BCUT2D eigenvalue weighted by atomic mass is 10.1. The Hall–Kier alpha value is -3.68. The van der Waals surface area contributed by atoms with Crippen LogP contribution in [0.4, 0.5) is 11.4 Å². The summed E-state index contributed by atoms with van der Waals surface area (Å²) in [6.45, 7) is 2.32. The number of aromatic nitrogens is 1. The van der Waals surface area contributed by atoms with Gasteiger partial charge in [-0.1, -0.05) is 12.1 Å². The Balaban J connectivity index is 2.03. The van der Waals surface area contributed by atoms with E-state index in [1.807, 2.05) is 24.3 Å². The Morgan fingerprint density at radius 1 is 1.21 bits per heavy atom. The van der Waals surface area contributed by atoms with Crippen LogP contribution >= 0.6 is 0 Å². The predicted molar refractivity (Wildman–Crippen MR) is 105 cm³/mol. The van der Waals surface area contributed by atoms with E-state index in [0.717, 1.165) is 11.3 Å². The van der Waals surface area contributed by atoms with Crippen LogP contribution in [0.25, 0.3) is 10.9 Å². The molecule has 0 bridgehead atoms. The first-order valence-electron chi connectivity index (χ1n) is 8.64. The number of pyridine rings is 1. The third kappa shape index (κ3) is 4.01. The van der Waals surface area contributed by atoms with Crippen LogP contribution in [0, 0.1) is 10.1 Å². The fourth-order valence-electron chi connectivity index (χ4n) is 2.78. The van der Waals surface area contributed by atoms with Crippen molar-refractivity contribution in [3.63, 3.8) is 0 Å². The molecule has 0 saturated heterocycles. The van der Waals surface area contributed by atoms with Crippen LogP contribution < -0.4 is 10.1 Å². The molecule has 0 unspecified atom stereocenters. The number of nitrogens with zero attached hydrogens (tertiary/aromatic N) is 2. The van der Waals surface area contributed by atoms with Crippen LogP contribution in [0.3, 0.4) is 0 Å². The molecule has 1 heterocycles. The number of benzene rings is 2. The number of carbonyl (C=O) groups is 1. The first kappa shape index (κ1) is 19.1. The van der Waals surface area contributed by atoms with Crippen molar-refractivity contribution in [3.05, 3.63) is 69.9 Å². The van der Waals surface area contributed by atoms with Gasteiger partial charge in [0.2, 0.25) is 0 Å². The Bertz CT molecular complexity index is 1020. The third-order valence-corrected chi connectivity index (χ3v) is 4.19. The maximum absolute atomic E-state index is 12.4. The van der Waals surface area contributed by atoms with Gasteiger partial charge in [0, 0.05) is 30.3 Å². The second-order valence-electron chi connectivity index (χ2n) is 5.93. The van der Waals surface area contributed by atoms with E-state index in [1.54, 1.807) is 20.1 Å². The molecular weight excluding hydrogens is 362 g/mol. The van der Waals surface area contributed by atoms with Crippen LogP contribution in [-0.2, 0) is 11.3 Å². The fraction of sp³-hybridized carbons (Fsp3) is 0.200. The Labute approximate surface area is 161 Å². The third-order valence-electron chi connectivity index (χ3n) is 4.19. The molecular formula is C20H19N3O5. The Kier molecular flexibility index (Phi) is 5.69. The predicted octanol–water partition coefficient (Wildman–Crippen LogP) is 3.94. The highest BCUT2D eigenvalue weighted by molar-refractivity contribution is 6.05. The number of fused-ring (bicyclic) bond motifs is 1. The van der Waals surface area contributed by atoms with Gasteiger partial charge in [-0.15, -0.1) is 0 Å². The van der Waals surface area contributed by atoms with Crippen LogP contribution in [-0.4, -0.2) is 29.6 Å². The molecule has 0 saturated carbocycles. The lowest BCUT2D eigenvalue weighted by Gasteiger charge is -2.14. The number of nitrogens with one attached hydrogen (secondary N) is 1. The van der Waals surface area contributed by atoms with Gasteiger partial charge in [0.15, 0.2) is 0 Å². The minimum atomic E-state index is -0.541. The number of anilines is 1. The number of methoxy groups -OCH3 is 1. The highest BCUT2D eigenvalue weighted by Crippen LogP contribution is 2.30. The molecule has 144 valence electrons. The summed E-state index contributed by atoms with van der Waals surface area (Å²) in [4.78, 5) is 27.3. The summed E-state index contributed by atoms with van der Waals surface area (Å²) in [5.74, 6) is 0.196. The topological polar surface area (TPSA) is 104 Å². The number of nitro groups is 1. The Morgan fingerprint density at radius 3 is 2.61 bits per heavy atom. The number of rotatable bonds is 7. The molecule has 0 fully saturated rings. The Morgan fingerprint density at radius 2 is 1.96 bits per heavy atom. The highest BCUT2D eigenvalue weighted by atomic mass is 16.6. The number of hydrogen-bond donors (Lipinski definition) is 1. The van der Waals surface area contributed by atoms with E-state index in [0.29, 0.717) is 23.1 Å². The van der Waals surface area contributed by atoms with Crippen LogP contribution in [0.5, 0.6) is 5.75 Å². The van der Waals surface area contributed by atoms with Crippen molar-refractivity contribution in [2.24, 2.45) is 0 Å². The summed E-state index contributed by atoms with van der Waals surface area (Å²) in [6.07, 6.45) is 1.42. The molecule has 1 aromatic heterocycles. The van der Waals surface area contributed by atoms with E-state index in [-0.39, 0.29) is 17.9 Å². The van der Waals surface area contributed by atoms with Gasteiger partial charge in [0.25, 0.3) is 5.69 Å². The summed E-state index contributed by atoms with van der Waals surface area (Å²) in [5, 5.41) is 14.9. The summed E-state index contributed by atoms with van der Waals surface area (Å²) in [5.41, 5.74) is 2.08. The first-order valence-corrected chi connectivity index (χ1v) is 8.64. The smallest absolute Gasteiger partial charge is 0.341 e. The van der Waals surface area contributed by atoms with Crippen molar-refractivity contribution in [1.82, 2.24) is 4.98 Å². The molecule has 8 nitrogen and oxygen atoms in total. The molecule has 3 rings (SSSR count). The zero-order valence-corrected chi connectivity index (χ0v) is 15.5. The fourth-order valence-corrected chi connectivity index (χ4v) is 2.78. The molecule has 1 N–H and O–H groups in total. The maximum Gasteiger partial charge on any atom is 0.341 e. The molecule has 0 aliphatic heterocycles. The molecule has 0 atom stereocenters. The lowest BCUT2D eigenvalue weighted by Crippen LogP contribution is -2.11.